The zero-order chi connectivity index (χ0) is 18.5. The molecule has 2 fully saturated rings. The second-order valence-corrected chi connectivity index (χ2v) is 7.25. The zero-order valence-electron chi connectivity index (χ0n) is 15.7. The largest absolute Gasteiger partial charge is 0.497 e. The Kier molecular flexibility index (Phi) is 6.01. The predicted octanol–water partition coefficient (Wildman–Crippen LogP) is 2.49. The molecule has 142 valence electrons. The summed E-state index contributed by atoms with van der Waals surface area (Å²) in [6.45, 7) is 5.50. The minimum Gasteiger partial charge on any atom is -0.497 e. The van der Waals surface area contributed by atoms with E-state index in [0.717, 1.165) is 43.8 Å². The highest BCUT2D eigenvalue weighted by Gasteiger charge is 2.36. The van der Waals surface area contributed by atoms with Gasteiger partial charge in [-0.2, -0.15) is 0 Å². The van der Waals surface area contributed by atoms with Crippen molar-refractivity contribution in [2.45, 2.75) is 32.7 Å². The van der Waals surface area contributed by atoms with E-state index in [1.165, 1.54) is 0 Å². The van der Waals surface area contributed by atoms with Crippen LogP contribution in [0.5, 0.6) is 5.75 Å². The zero-order valence-corrected chi connectivity index (χ0v) is 15.7. The van der Waals surface area contributed by atoms with Crippen molar-refractivity contribution >= 4 is 11.9 Å². The summed E-state index contributed by atoms with van der Waals surface area (Å²) in [5.41, 5.74) is 1.12. The number of hydrogen-bond acceptors (Lipinski definition) is 3. The minimum atomic E-state index is 0.0246. The summed E-state index contributed by atoms with van der Waals surface area (Å²) in [6, 6.07) is 7.92. The van der Waals surface area contributed by atoms with Gasteiger partial charge >= 0.3 is 6.03 Å². The van der Waals surface area contributed by atoms with E-state index in [0.29, 0.717) is 31.3 Å². The van der Waals surface area contributed by atoms with Gasteiger partial charge in [-0.15, -0.1) is 0 Å². The Bertz CT molecular complexity index is 632. The van der Waals surface area contributed by atoms with E-state index >= 15 is 0 Å². The fraction of sp³-hybridized carbons (Fsp3) is 0.600. The summed E-state index contributed by atoms with van der Waals surface area (Å²) in [6.07, 6.45) is 2.48. The topological polar surface area (TPSA) is 61.9 Å². The van der Waals surface area contributed by atoms with Gasteiger partial charge in [0.05, 0.1) is 7.11 Å². The first-order valence-electron chi connectivity index (χ1n) is 9.54. The second kappa shape index (κ2) is 8.43. The number of ether oxygens (including phenoxy) is 1. The fourth-order valence-electron chi connectivity index (χ4n) is 4.04. The highest BCUT2D eigenvalue weighted by atomic mass is 16.5. The maximum atomic E-state index is 12.7. The molecule has 6 nitrogen and oxygen atoms in total. The Hall–Kier alpha value is -2.24. The number of amides is 3. The average molecular weight is 359 g/mol. The van der Waals surface area contributed by atoms with Gasteiger partial charge < -0.3 is 19.9 Å². The van der Waals surface area contributed by atoms with Gasteiger partial charge in [0.25, 0.3) is 0 Å². The first-order chi connectivity index (χ1) is 12.6. The number of likely N-dealkylation sites (tertiary alicyclic amines) is 2. The number of carbonyl (C=O) groups is 2. The van der Waals surface area contributed by atoms with Crippen LogP contribution in [0.3, 0.4) is 0 Å². The lowest BCUT2D eigenvalue weighted by atomic mass is 9.82. The molecule has 0 radical (unpaired) electrons. The SMILES string of the molecule is CCNC(=O)N1CC[C@@H]2CC(=O)N(Cc3ccc(OC)cc3)CC[C@H]2C1. The molecule has 0 bridgehead atoms. The van der Waals surface area contributed by atoms with Crippen molar-refractivity contribution in [3.05, 3.63) is 29.8 Å². The molecular weight excluding hydrogens is 330 g/mol. The molecule has 0 aromatic heterocycles. The molecule has 0 unspecified atom stereocenters. The van der Waals surface area contributed by atoms with Crippen molar-refractivity contribution in [1.29, 1.82) is 0 Å². The maximum absolute atomic E-state index is 12.7. The molecule has 2 heterocycles. The molecule has 2 aliphatic rings. The van der Waals surface area contributed by atoms with E-state index in [4.69, 9.17) is 4.74 Å². The fourth-order valence-corrected chi connectivity index (χ4v) is 4.04. The normalized spacial score (nSPS) is 23.2. The molecule has 3 amide bonds. The number of carbonyl (C=O) groups excluding carboxylic acids is 2. The predicted molar refractivity (Wildman–Crippen MR) is 99.9 cm³/mol. The Morgan fingerprint density at radius 3 is 2.62 bits per heavy atom. The molecule has 0 saturated carbocycles. The molecule has 0 spiro atoms. The average Bonchev–Trinajstić information content (AvgIpc) is 2.81. The molecule has 1 aromatic rings. The molecule has 2 saturated heterocycles. The lowest BCUT2D eigenvalue weighted by Crippen LogP contribution is -2.48. The lowest BCUT2D eigenvalue weighted by molar-refractivity contribution is -0.132. The molecule has 2 atom stereocenters. The Morgan fingerprint density at radius 2 is 1.92 bits per heavy atom. The van der Waals surface area contributed by atoms with Gasteiger partial charge in [-0.25, -0.2) is 4.79 Å². The van der Waals surface area contributed by atoms with Crippen molar-refractivity contribution in [3.63, 3.8) is 0 Å². The molecule has 1 N–H and O–H groups in total. The van der Waals surface area contributed by atoms with E-state index in [1.54, 1.807) is 7.11 Å². The number of urea groups is 1. The van der Waals surface area contributed by atoms with Gasteiger partial charge in [0.2, 0.25) is 5.91 Å². The van der Waals surface area contributed by atoms with Crippen LogP contribution < -0.4 is 10.1 Å². The summed E-state index contributed by atoms with van der Waals surface area (Å²) in [5.74, 6) is 1.87. The number of fused-ring (bicyclic) bond motifs is 1. The van der Waals surface area contributed by atoms with Gasteiger partial charge in [0, 0.05) is 39.1 Å². The van der Waals surface area contributed by atoms with Gasteiger partial charge in [-0.3, -0.25) is 4.79 Å². The molecule has 6 heteroatoms. The highest BCUT2D eigenvalue weighted by molar-refractivity contribution is 5.77. The Balaban J connectivity index is 1.61. The molecule has 1 aromatic carbocycles. The first-order valence-corrected chi connectivity index (χ1v) is 9.54. The van der Waals surface area contributed by atoms with Crippen molar-refractivity contribution in [2.24, 2.45) is 11.8 Å². The number of benzene rings is 1. The molecular formula is C20H29N3O3. The van der Waals surface area contributed by atoms with Crippen molar-refractivity contribution in [1.82, 2.24) is 15.1 Å². The van der Waals surface area contributed by atoms with Crippen LogP contribution in [-0.2, 0) is 11.3 Å². The summed E-state index contributed by atoms with van der Waals surface area (Å²) in [5, 5.41) is 2.89. The summed E-state index contributed by atoms with van der Waals surface area (Å²) in [4.78, 5) is 28.7. The molecule has 26 heavy (non-hydrogen) atoms. The molecule has 2 aliphatic heterocycles. The summed E-state index contributed by atoms with van der Waals surface area (Å²) >= 11 is 0. The molecule has 3 rings (SSSR count). The van der Waals surface area contributed by atoms with Crippen molar-refractivity contribution in [3.8, 4) is 5.75 Å². The van der Waals surface area contributed by atoms with Gasteiger partial charge in [-0.1, -0.05) is 12.1 Å². The number of hydrogen-bond donors (Lipinski definition) is 1. The van der Waals surface area contributed by atoms with Crippen LogP contribution in [0, 0.1) is 11.8 Å². The van der Waals surface area contributed by atoms with Gasteiger partial charge in [-0.05, 0) is 49.3 Å². The summed E-state index contributed by atoms with van der Waals surface area (Å²) < 4.78 is 5.19. The Morgan fingerprint density at radius 1 is 1.19 bits per heavy atom. The van der Waals surface area contributed by atoms with Crippen LogP contribution >= 0.6 is 0 Å². The summed E-state index contributed by atoms with van der Waals surface area (Å²) in [7, 11) is 1.65. The van der Waals surface area contributed by atoms with Crippen molar-refractivity contribution < 1.29 is 14.3 Å². The third kappa shape index (κ3) is 4.29. The molecule has 0 aliphatic carbocycles. The number of nitrogens with zero attached hydrogens (tertiary/aromatic N) is 2. The van der Waals surface area contributed by atoms with E-state index in [1.807, 2.05) is 41.0 Å². The van der Waals surface area contributed by atoms with E-state index < -0.39 is 0 Å². The third-order valence-electron chi connectivity index (χ3n) is 5.60. The quantitative estimate of drug-likeness (QED) is 0.898. The van der Waals surface area contributed by atoms with E-state index in [9.17, 15) is 9.59 Å². The first kappa shape index (κ1) is 18.5. The monoisotopic (exact) mass is 359 g/mol. The van der Waals surface area contributed by atoms with Crippen LogP contribution in [-0.4, -0.2) is 55.0 Å². The van der Waals surface area contributed by atoms with E-state index in [-0.39, 0.29) is 11.9 Å². The van der Waals surface area contributed by atoms with Gasteiger partial charge in [0.15, 0.2) is 0 Å². The maximum Gasteiger partial charge on any atom is 0.317 e. The van der Waals surface area contributed by atoms with Crippen LogP contribution in [0.15, 0.2) is 24.3 Å². The number of methoxy groups -OCH3 is 1. The minimum absolute atomic E-state index is 0.0246. The number of piperidine rings is 1. The van der Waals surface area contributed by atoms with E-state index in [2.05, 4.69) is 5.32 Å². The lowest BCUT2D eigenvalue weighted by Gasteiger charge is -2.37. The van der Waals surface area contributed by atoms with Crippen LogP contribution in [0.1, 0.15) is 31.7 Å². The standard InChI is InChI=1S/C20H29N3O3/c1-3-21-20(25)23-11-8-16-12-19(24)22(10-9-17(16)14-23)13-15-4-6-18(26-2)7-5-15/h4-7,16-17H,3,8-14H2,1-2H3,(H,21,25)/t16-,17+/m1/s1. The van der Waals surface area contributed by atoms with Crippen molar-refractivity contribution in [2.75, 3.05) is 33.3 Å². The smallest absolute Gasteiger partial charge is 0.317 e. The van der Waals surface area contributed by atoms with Gasteiger partial charge in [0.1, 0.15) is 5.75 Å². The number of nitrogens with one attached hydrogen (secondary N) is 1. The number of rotatable bonds is 4. The van der Waals surface area contributed by atoms with Crippen LogP contribution in [0.4, 0.5) is 4.79 Å². The highest BCUT2D eigenvalue weighted by Crippen LogP contribution is 2.33. The van der Waals surface area contributed by atoms with Crippen LogP contribution in [0.2, 0.25) is 0 Å². The Labute approximate surface area is 155 Å². The third-order valence-corrected chi connectivity index (χ3v) is 5.60. The second-order valence-electron chi connectivity index (χ2n) is 7.25. The van der Waals surface area contributed by atoms with Crippen LogP contribution in [0.25, 0.3) is 0 Å².